The van der Waals surface area contributed by atoms with E-state index < -0.39 is 23.6 Å². The molecule has 1 unspecified atom stereocenters. The molecule has 0 bridgehead atoms. The van der Waals surface area contributed by atoms with Crippen LogP contribution in [0.1, 0.15) is 23.7 Å². The van der Waals surface area contributed by atoms with Gasteiger partial charge in [-0.2, -0.15) is 0 Å². The molecule has 3 aromatic carbocycles. The summed E-state index contributed by atoms with van der Waals surface area (Å²) in [6, 6.07) is 11.2. The molecule has 1 aliphatic rings. The predicted octanol–water partition coefficient (Wildman–Crippen LogP) is 6.09. The van der Waals surface area contributed by atoms with Crippen molar-refractivity contribution in [2.75, 3.05) is 0 Å². The Morgan fingerprint density at radius 3 is 2.54 bits per heavy atom. The van der Waals surface area contributed by atoms with E-state index in [1.807, 2.05) is 30.3 Å². The quantitative estimate of drug-likeness (QED) is 0.455. The summed E-state index contributed by atoms with van der Waals surface area (Å²) in [5.74, 6) is -2.38. The van der Waals surface area contributed by atoms with Crippen molar-refractivity contribution in [3.63, 3.8) is 0 Å². The highest BCUT2D eigenvalue weighted by molar-refractivity contribution is 9.10. The monoisotopic (exact) mass is 392 g/mol. The molecule has 5 heteroatoms. The van der Waals surface area contributed by atoms with Crippen LogP contribution in [0, 0.1) is 17.5 Å². The second kappa shape index (κ2) is 5.81. The largest absolute Gasteiger partial charge is 0.485 e. The number of benzene rings is 3. The topological polar surface area (TPSA) is 9.23 Å². The number of ether oxygens (including phenoxy) is 1. The van der Waals surface area contributed by atoms with E-state index in [4.69, 9.17) is 4.74 Å². The normalized spacial score (nSPS) is 16.8. The van der Waals surface area contributed by atoms with Gasteiger partial charge in [0.1, 0.15) is 17.7 Å². The van der Waals surface area contributed by atoms with Crippen molar-refractivity contribution in [3.05, 3.63) is 75.5 Å². The molecule has 0 aromatic heterocycles. The van der Waals surface area contributed by atoms with E-state index in [0.29, 0.717) is 24.7 Å². The zero-order chi connectivity index (χ0) is 16.8. The van der Waals surface area contributed by atoms with Gasteiger partial charge < -0.3 is 4.74 Å². The third-order valence-electron chi connectivity index (χ3n) is 4.36. The summed E-state index contributed by atoms with van der Waals surface area (Å²) in [4.78, 5) is 0. The Morgan fingerprint density at radius 1 is 0.917 bits per heavy atom. The molecule has 0 radical (unpaired) electrons. The molecule has 0 saturated carbocycles. The number of rotatable bonds is 1. The van der Waals surface area contributed by atoms with E-state index in [1.54, 1.807) is 0 Å². The molecule has 1 aliphatic heterocycles. The summed E-state index contributed by atoms with van der Waals surface area (Å²) in [6.07, 6.45) is 0.558. The van der Waals surface area contributed by atoms with Gasteiger partial charge in [-0.25, -0.2) is 13.2 Å². The number of halogens is 4. The molecule has 24 heavy (non-hydrogen) atoms. The van der Waals surface area contributed by atoms with E-state index in [2.05, 4.69) is 15.9 Å². The number of aryl methyl sites for hydroxylation is 1. The highest BCUT2D eigenvalue weighted by atomic mass is 79.9. The zero-order valence-electron chi connectivity index (χ0n) is 12.5. The van der Waals surface area contributed by atoms with E-state index in [0.717, 1.165) is 26.9 Å². The Balaban J connectivity index is 1.74. The summed E-state index contributed by atoms with van der Waals surface area (Å²) < 4.78 is 47.4. The van der Waals surface area contributed by atoms with Gasteiger partial charge in [-0.15, -0.1) is 0 Å². The van der Waals surface area contributed by atoms with E-state index >= 15 is 0 Å². The highest BCUT2D eigenvalue weighted by Gasteiger charge is 2.26. The second-order valence-corrected chi connectivity index (χ2v) is 6.76. The van der Waals surface area contributed by atoms with Gasteiger partial charge in [0, 0.05) is 21.7 Å². The van der Waals surface area contributed by atoms with Crippen LogP contribution < -0.4 is 4.74 Å². The lowest BCUT2D eigenvalue weighted by Crippen LogP contribution is -2.17. The minimum atomic E-state index is -1.19. The van der Waals surface area contributed by atoms with Gasteiger partial charge in [-0.05, 0) is 47.9 Å². The summed E-state index contributed by atoms with van der Waals surface area (Å²) in [6.45, 7) is 0. The fourth-order valence-electron chi connectivity index (χ4n) is 3.20. The highest BCUT2D eigenvalue weighted by Crippen LogP contribution is 2.40. The molecular formula is C19H12BrF3O. The van der Waals surface area contributed by atoms with Crippen LogP contribution in [0.4, 0.5) is 13.2 Å². The van der Waals surface area contributed by atoms with Crippen LogP contribution in [0.15, 0.2) is 46.9 Å². The van der Waals surface area contributed by atoms with Crippen molar-refractivity contribution in [1.82, 2.24) is 0 Å². The molecular weight excluding hydrogens is 381 g/mol. The smallest absolute Gasteiger partial charge is 0.161 e. The van der Waals surface area contributed by atoms with Crippen molar-refractivity contribution < 1.29 is 17.9 Å². The molecule has 0 amide bonds. The molecule has 122 valence electrons. The maximum atomic E-state index is 14.0. The van der Waals surface area contributed by atoms with Crippen LogP contribution in [0.3, 0.4) is 0 Å². The molecule has 1 atom stereocenters. The molecule has 0 spiro atoms. The third kappa shape index (κ3) is 2.57. The Kier molecular flexibility index (Phi) is 3.76. The molecule has 0 saturated heterocycles. The van der Waals surface area contributed by atoms with Crippen molar-refractivity contribution >= 4 is 26.7 Å². The second-order valence-electron chi connectivity index (χ2n) is 5.84. The van der Waals surface area contributed by atoms with E-state index in [-0.39, 0.29) is 5.56 Å². The van der Waals surface area contributed by atoms with Crippen LogP contribution >= 0.6 is 15.9 Å². The number of hydrogen-bond donors (Lipinski definition) is 0. The van der Waals surface area contributed by atoms with Crippen molar-refractivity contribution in [1.29, 1.82) is 0 Å². The molecule has 0 fully saturated rings. The Hall–Kier alpha value is -2.01. The molecule has 1 heterocycles. The molecule has 3 aromatic rings. The first-order chi connectivity index (χ1) is 11.5. The van der Waals surface area contributed by atoms with Gasteiger partial charge >= 0.3 is 0 Å². The third-order valence-corrected chi connectivity index (χ3v) is 4.86. The standard InChI is InChI=1S/C19H12BrF3O/c20-11-2-3-12-10(7-11)1-5-18-13(12)4-6-19(24-18)14-8-16(22)17(23)9-15(14)21/h1-3,5,7-9,19H,4,6H2. The number of hydrogen-bond acceptors (Lipinski definition) is 1. The van der Waals surface area contributed by atoms with Crippen LogP contribution in [0.5, 0.6) is 5.75 Å². The maximum Gasteiger partial charge on any atom is 0.161 e. The zero-order valence-corrected chi connectivity index (χ0v) is 14.0. The van der Waals surface area contributed by atoms with Gasteiger partial charge in [0.05, 0.1) is 0 Å². The SMILES string of the molecule is Fc1cc(F)c(C2CCc3c(ccc4cc(Br)ccc34)O2)cc1F. The average Bonchev–Trinajstić information content (AvgIpc) is 2.57. The first-order valence-corrected chi connectivity index (χ1v) is 8.34. The van der Waals surface area contributed by atoms with Gasteiger partial charge in [-0.3, -0.25) is 0 Å². The fraction of sp³-hybridized carbons (Fsp3) is 0.158. The predicted molar refractivity (Wildman–Crippen MR) is 89.7 cm³/mol. The summed E-state index contributed by atoms with van der Waals surface area (Å²) in [7, 11) is 0. The van der Waals surface area contributed by atoms with Crippen LogP contribution in [0.25, 0.3) is 10.8 Å². The molecule has 0 aliphatic carbocycles. The fourth-order valence-corrected chi connectivity index (χ4v) is 3.58. The molecule has 4 rings (SSSR count). The average molecular weight is 393 g/mol. The summed E-state index contributed by atoms with van der Waals surface area (Å²) in [5, 5.41) is 2.17. The van der Waals surface area contributed by atoms with Gasteiger partial charge in [0.25, 0.3) is 0 Å². The lowest BCUT2D eigenvalue weighted by Gasteiger charge is -2.27. The lowest BCUT2D eigenvalue weighted by atomic mass is 9.93. The van der Waals surface area contributed by atoms with Crippen molar-refractivity contribution in [2.45, 2.75) is 18.9 Å². The van der Waals surface area contributed by atoms with Crippen molar-refractivity contribution in [2.24, 2.45) is 0 Å². The Bertz CT molecular complexity index is 955. The van der Waals surface area contributed by atoms with Crippen LogP contribution in [-0.4, -0.2) is 0 Å². The summed E-state index contributed by atoms with van der Waals surface area (Å²) in [5.41, 5.74) is 1.11. The Morgan fingerprint density at radius 2 is 1.71 bits per heavy atom. The van der Waals surface area contributed by atoms with Gasteiger partial charge in [0.2, 0.25) is 0 Å². The maximum absolute atomic E-state index is 14.0. The minimum Gasteiger partial charge on any atom is -0.485 e. The van der Waals surface area contributed by atoms with Gasteiger partial charge in [0.15, 0.2) is 11.6 Å². The van der Waals surface area contributed by atoms with Crippen LogP contribution in [-0.2, 0) is 6.42 Å². The molecule has 1 nitrogen and oxygen atoms in total. The minimum absolute atomic E-state index is 0.0513. The van der Waals surface area contributed by atoms with Crippen LogP contribution in [0.2, 0.25) is 0 Å². The lowest BCUT2D eigenvalue weighted by molar-refractivity contribution is 0.172. The number of fused-ring (bicyclic) bond motifs is 3. The Labute approximate surface area is 145 Å². The first-order valence-electron chi connectivity index (χ1n) is 7.55. The van der Waals surface area contributed by atoms with E-state index in [1.165, 1.54) is 0 Å². The van der Waals surface area contributed by atoms with Crippen molar-refractivity contribution in [3.8, 4) is 5.75 Å². The van der Waals surface area contributed by atoms with Gasteiger partial charge in [-0.1, -0.05) is 28.1 Å². The first kappa shape index (κ1) is 15.5. The van der Waals surface area contributed by atoms with E-state index in [9.17, 15) is 13.2 Å². The molecule has 0 N–H and O–H groups in total. The summed E-state index contributed by atoms with van der Waals surface area (Å²) >= 11 is 3.45.